The van der Waals surface area contributed by atoms with Crippen molar-refractivity contribution in [3.63, 3.8) is 0 Å². The highest BCUT2D eigenvalue weighted by molar-refractivity contribution is 6.29. The van der Waals surface area contributed by atoms with Crippen LogP contribution in [0.25, 0.3) is 0 Å². The number of rotatable bonds is 3. The van der Waals surface area contributed by atoms with Gasteiger partial charge in [0.1, 0.15) is 11.0 Å². The first-order valence-electron chi connectivity index (χ1n) is 5.83. The van der Waals surface area contributed by atoms with Crippen LogP contribution >= 0.6 is 11.6 Å². The van der Waals surface area contributed by atoms with Crippen LogP contribution in [-0.4, -0.2) is 27.2 Å². The summed E-state index contributed by atoms with van der Waals surface area (Å²) in [7, 11) is 0. The predicted octanol–water partition coefficient (Wildman–Crippen LogP) is 1.82. The number of aliphatic hydroxyl groups is 1. The van der Waals surface area contributed by atoms with E-state index in [0.717, 1.165) is 25.7 Å². The summed E-state index contributed by atoms with van der Waals surface area (Å²) in [6.07, 6.45) is 5.32. The van der Waals surface area contributed by atoms with Gasteiger partial charge in [-0.3, -0.25) is 0 Å². The second-order valence-electron chi connectivity index (χ2n) is 4.56. The third kappa shape index (κ3) is 2.98. The highest BCUT2D eigenvalue weighted by Crippen LogP contribution is 2.31. The number of hydrogen-bond acceptors (Lipinski definition) is 5. The topological polar surface area (TPSA) is 84.1 Å². The van der Waals surface area contributed by atoms with Gasteiger partial charge in [-0.2, -0.15) is 4.98 Å². The Hall–Kier alpha value is -1.07. The van der Waals surface area contributed by atoms with Crippen LogP contribution < -0.4 is 11.1 Å². The molecule has 1 aliphatic carbocycles. The molecule has 2 rings (SSSR count). The molecular formula is C11H17ClN4O. The molecule has 0 aromatic carbocycles. The van der Waals surface area contributed by atoms with Crippen molar-refractivity contribution in [2.24, 2.45) is 0 Å². The van der Waals surface area contributed by atoms with Gasteiger partial charge in [0.05, 0.1) is 12.1 Å². The molecule has 17 heavy (non-hydrogen) atoms. The maximum atomic E-state index is 9.57. The van der Waals surface area contributed by atoms with Crippen molar-refractivity contribution in [2.75, 3.05) is 17.7 Å². The molecular weight excluding hydrogens is 240 g/mol. The molecule has 6 heteroatoms. The van der Waals surface area contributed by atoms with Crippen LogP contribution in [0.1, 0.15) is 32.1 Å². The second-order valence-corrected chi connectivity index (χ2v) is 4.95. The highest BCUT2D eigenvalue weighted by Gasteiger charge is 2.31. The molecule has 1 heterocycles. The van der Waals surface area contributed by atoms with Crippen molar-refractivity contribution in [3.05, 3.63) is 11.2 Å². The van der Waals surface area contributed by atoms with Crippen LogP contribution in [0.4, 0.5) is 11.8 Å². The van der Waals surface area contributed by atoms with Crippen LogP contribution in [0.2, 0.25) is 5.15 Å². The molecule has 4 N–H and O–H groups in total. The number of aliphatic hydroxyl groups excluding tert-OH is 1. The number of hydrogen-bond donors (Lipinski definition) is 3. The van der Waals surface area contributed by atoms with E-state index in [1.54, 1.807) is 6.07 Å². The molecule has 0 spiro atoms. The van der Waals surface area contributed by atoms with Crippen LogP contribution in [0.15, 0.2) is 6.07 Å². The van der Waals surface area contributed by atoms with Crippen molar-refractivity contribution in [2.45, 2.75) is 37.6 Å². The molecule has 0 amide bonds. The second kappa shape index (κ2) is 5.06. The van der Waals surface area contributed by atoms with E-state index in [1.807, 2.05) is 0 Å². The largest absolute Gasteiger partial charge is 0.394 e. The summed E-state index contributed by atoms with van der Waals surface area (Å²) in [5, 5.41) is 13.1. The highest BCUT2D eigenvalue weighted by atomic mass is 35.5. The third-order valence-electron chi connectivity index (χ3n) is 3.22. The van der Waals surface area contributed by atoms with Crippen LogP contribution in [0.3, 0.4) is 0 Å². The number of nitrogens with one attached hydrogen (secondary N) is 1. The standard InChI is InChI=1S/C11H17ClN4O/c12-8-6-9(15-10(13)14-8)16-11(7-17)4-2-1-3-5-11/h6,17H,1-5,7H2,(H3,13,14,15,16). The van der Waals surface area contributed by atoms with E-state index < -0.39 is 0 Å². The average molecular weight is 257 g/mol. The minimum absolute atomic E-state index is 0.0918. The van der Waals surface area contributed by atoms with Gasteiger partial charge in [-0.15, -0.1) is 0 Å². The van der Waals surface area contributed by atoms with Gasteiger partial charge < -0.3 is 16.2 Å². The zero-order valence-electron chi connectivity index (χ0n) is 9.62. The fraction of sp³-hybridized carbons (Fsp3) is 0.636. The monoisotopic (exact) mass is 256 g/mol. The Balaban J connectivity index is 2.17. The van der Waals surface area contributed by atoms with Crippen molar-refractivity contribution < 1.29 is 5.11 Å². The molecule has 1 fully saturated rings. The summed E-state index contributed by atoms with van der Waals surface area (Å²) in [4.78, 5) is 7.89. The van der Waals surface area contributed by atoms with E-state index in [1.165, 1.54) is 6.42 Å². The van der Waals surface area contributed by atoms with Crippen molar-refractivity contribution in [1.29, 1.82) is 0 Å². The minimum atomic E-state index is -0.289. The number of anilines is 2. The van der Waals surface area contributed by atoms with Crippen molar-refractivity contribution in [1.82, 2.24) is 9.97 Å². The zero-order chi connectivity index (χ0) is 12.3. The molecule has 0 unspecified atom stereocenters. The Bertz CT molecular complexity index is 373. The minimum Gasteiger partial charge on any atom is -0.394 e. The lowest BCUT2D eigenvalue weighted by atomic mass is 9.82. The van der Waals surface area contributed by atoms with Gasteiger partial charge in [0, 0.05) is 6.07 Å². The Morgan fingerprint density at radius 2 is 2.06 bits per heavy atom. The average Bonchev–Trinajstić information content (AvgIpc) is 2.29. The number of halogens is 1. The van der Waals surface area contributed by atoms with Gasteiger partial charge in [0.2, 0.25) is 5.95 Å². The molecule has 0 radical (unpaired) electrons. The SMILES string of the molecule is Nc1nc(Cl)cc(NC2(CO)CCCCC2)n1. The molecule has 94 valence electrons. The molecule has 0 bridgehead atoms. The zero-order valence-corrected chi connectivity index (χ0v) is 10.4. The molecule has 5 nitrogen and oxygen atoms in total. The summed E-state index contributed by atoms with van der Waals surface area (Å²) < 4.78 is 0. The smallest absolute Gasteiger partial charge is 0.223 e. The van der Waals surface area contributed by atoms with Crippen molar-refractivity contribution >= 4 is 23.4 Å². The summed E-state index contributed by atoms with van der Waals surface area (Å²) in [6, 6.07) is 1.63. The maximum absolute atomic E-state index is 9.57. The van der Waals surface area contributed by atoms with Gasteiger partial charge in [0.15, 0.2) is 0 Å². The first kappa shape index (κ1) is 12.4. The van der Waals surface area contributed by atoms with Crippen molar-refractivity contribution in [3.8, 4) is 0 Å². The first-order valence-corrected chi connectivity index (χ1v) is 6.20. The quantitative estimate of drug-likeness (QED) is 0.719. The van der Waals surface area contributed by atoms with Crippen LogP contribution in [-0.2, 0) is 0 Å². The Morgan fingerprint density at radius 1 is 1.35 bits per heavy atom. The molecule has 1 aliphatic rings. The third-order valence-corrected chi connectivity index (χ3v) is 3.41. The lowest BCUT2D eigenvalue weighted by molar-refractivity contribution is 0.172. The summed E-state index contributed by atoms with van der Waals surface area (Å²) in [5.41, 5.74) is 5.25. The molecule has 1 aromatic rings. The Kier molecular flexibility index (Phi) is 3.69. The van der Waals surface area contributed by atoms with Gasteiger partial charge in [-0.25, -0.2) is 4.98 Å². The lowest BCUT2D eigenvalue weighted by Crippen LogP contribution is -2.44. The van der Waals surface area contributed by atoms with E-state index >= 15 is 0 Å². The summed E-state index contributed by atoms with van der Waals surface area (Å²) in [5.74, 6) is 0.724. The predicted molar refractivity (Wildman–Crippen MR) is 68.0 cm³/mol. The van der Waals surface area contributed by atoms with Crippen LogP contribution in [0.5, 0.6) is 0 Å². The maximum Gasteiger partial charge on any atom is 0.223 e. The van der Waals surface area contributed by atoms with E-state index in [0.29, 0.717) is 11.0 Å². The fourth-order valence-corrected chi connectivity index (χ4v) is 2.51. The van der Waals surface area contributed by atoms with E-state index in [-0.39, 0.29) is 18.1 Å². The molecule has 1 aromatic heterocycles. The number of nitrogen functional groups attached to an aromatic ring is 1. The molecule has 0 aliphatic heterocycles. The van der Waals surface area contributed by atoms with Gasteiger partial charge in [-0.1, -0.05) is 30.9 Å². The van der Waals surface area contributed by atoms with E-state index in [2.05, 4.69) is 15.3 Å². The van der Waals surface area contributed by atoms with Gasteiger partial charge >= 0.3 is 0 Å². The van der Waals surface area contributed by atoms with Crippen LogP contribution in [0, 0.1) is 0 Å². The first-order chi connectivity index (χ1) is 8.13. The summed E-state index contributed by atoms with van der Waals surface area (Å²) >= 11 is 5.82. The van der Waals surface area contributed by atoms with E-state index in [9.17, 15) is 5.11 Å². The molecule has 0 saturated heterocycles. The summed E-state index contributed by atoms with van der Waals surface area (Å²) in [6.45, 7) is 0.0918. The number of nitrogens with zero attached hydrogens (tertiary/aromatic N) is 2. The number of nitrogens with two attached hydrogens (primary N) is 1. The lowest BCUT2D eigenvalue weighted by Gasteiger charge is -2.36. The van der Waals surface area contributed by atoms with Gasteiger partial charge in [-0.05, 0) is 12.8 Å². The molecule has 1 saturated carbocycles. The fourth-order valence-electron chi connectivity index (χ4n) is 2.32. The van der Waals surface area contributed by atoms with Gasteiger partial charge in [0.25, 0.3) is 0 Å². The van der Waals surface area contributed by atoms with E-state index in [4.69, 9.17) is 17.3 Å². The number of aromatic nitrogens is 2. The Morgan fingerprint density at radius 3 is 2.65 bits per heavy atom. The normalized spacial score (nSPS) is 18.9. The Labute approximate surface area is 105 Å². The molecule has 0 atom stereocenters.